The zero-order valence-corrected chi connectivity index (χ0v) is 6.71. The summed E-state index contributed by atoms with van der Waals surface area (Å²) in [7, 11) is 3.21. The maximum atomic E-state index is 11.2. The molecule has 1 unspecified atom stereocenters. The number of nitrogens with zero attached hydrogens (tertiary/aromatic N) is 1. The van der Waals surface area contributed by atoms with Gasteiger partial charge in [-0.05, 0) is 6.08 Å². The van der Waals surface area contributed by atoms with Gasteiger partial charge in [-0.25, -0.2) is 0 Å². The molecule has 0 saturated carbocycles. The minimum Gasteiger partial charge on any atom is -0.633 e. The molecule has 0 aliphatic carbocycles. The van der Waals surface area contributed by atoms with E-state index < -0.39 is 0 Å². The molecule has 0 heterocycles. The first-order valence-electron chi connectivity index (χ1n) is 3.30. The standard InChI is InChI=1S/C8H15NO/c1-5-7-8(6-2)9(3,4)10/h5-6,8H,1-2,7H2,3-4H3. The van der Waals surface area contributed by atoms with E-state index >= 15 is 0 Å². The predicted octanol–water partition coefficient (Wildman–Crippen LogP) is 1.69. The summed E-state index contributed by atoms with van der Waals surface area (Å²) in [6, 6.07) is -0.0579. The van der Waals surface area contributed by atoms with Gasteiger partial charge in [0.15, 0.2) is 0 Å². The van der Waals surface area contributed by atoms with E-state index in [0.717, 1.165) is 0 Å². The van der Waals surface area contributed by atoms with Crippen molar-refractivity contribution in [1.29, 1.82) is 0 Å². The first-order valence-corrected chi connectivity index (χ1v) is 3.30. The second-order valence-corrected chi connectivity index (χ2v) is 2.76. The molecule has 0 radical (unpaired) electrons. The van der Waals surface area contributed by atoms with Crippen LogP contribution in [0.4, 0.5) is 0 Å². The Morgan fingerprint density at radius 1 is 1.50 bits per heavy atom. The summed E-state index contributed by atoms with van der Waals surface area (Å²) >= 11 is 0. The molecule has 0 bridgehead atoms. The van der Waals surface area contributed by atoms with E-state index in [1.807, 2.05) is 0 Å². The van der Waals surface area contributed by atoms with Crippen molar-refractivity contribution in [2.45, 2.75) is 12.5 Å². The van der Waals surface area contributed by atoms with Crippen molar-refractivity contribution in [2.75, 3.05) is 14.1 Å². The summed E-state index contributed by atoms with van der Waals surface area (Å²) in [4.78, 5) is 0. The van der Waals surface area contributed by atoms with E-state index in [1.165, 1.54) is 0 Å². The number of likely N-dealkylation sites (N-methyl/N-ethyl adjacent to an activating group) is 1. The Bertz CT molecular complexity index is 124. The zero-order chi connectivity index (χ0) is 8.20. The highest BCUT2D eigenvalue weighted by atomic mass is 16.5. The van der Waals surface area contributed by atoms with Gasteiger partial charge in [0.2, 0.25) is 0 Å². The normalized spacial score (nSPS) is 14.3. The van der Waals surface area contributed by atoms with Crippen LogP contribution in [0.25, 0.3) is 0 Å². The molecule has 0 N–H and O–H groups in total. The van der Waals surface area contributed by atoms with Crippen LogP contribution < -0.4 is 0 Å². The molecular formula is C8H15NO. The molecule has 58 valence electrons. The topological polar surface area (TPSA) is 23.1 Å². The maximum Gasteiger partial charge on any atom is 0.110 e. The van der Waals surface area contributed by atoms with Gasteiger partial charge in [-0.2, -0.15) is 0 Å². The lowest BCUT2D eigenvalue weighted by atomic mass is 10.2. The van der Waals surface area contributed by atoms with Gasteiger partial charge in [-0.15, -0.1) is 6.58 Å². The number of hydroxylamine groups is 3. The van der Waals surface area contributed by atoms with E-state index in [2.05, 4.69) is 13.2 Å². The Morgan fingerprint density at radius 2 is 2.00 bits per heavy atom. The van der Waals surface area contributed by atoms with Crippen molar-refractivity contribution in [3.8, 4) is 0 Å². The van der Waals surface area contributed by atoms with Gasteiger partial charge >= 0.3 is 0 Å². The fourth-order valence-corrected chi connectivity index (χ4v) is 0.775. The molecule has 0 aromatic heterocycles. The van der Waals surface area contributed by atoms with Crippen LogP contribution in [0.5, 0.6) is 0 Å². The summed E-state index contributed by atoms with van der Waals surface area (Å²) < 4.78 is -0.324. The Balaban J connectivity index is 4.05. The van der Waals surface area contributed by atoms with Crippen LogP contribution in [0.3, 0.4) is 0 Å². The number of rotatable bonds is 4. The minimum atomic E-state index is -0.324. The third-order valence-corrected chi connectivity index (χ3v) is 1.48. The molecule has 10 heavy (non-hydrogen) atoms. The second kappa shape index (κ2) is 3.54. The van der Waals surface area contributed by atoms with Crippen LogP contribution in [-0.4, -0.2) is 24.8 Å². The summed E-state index contributed by atoms with van der Waals surface area (Å²) in [5.41, 5.74) is 0. The van der Waals surface area contributed by atoms with Crippen molar-refractivity contribution in [3.63, 3.8) is 0 Å². The lowest BCUT2D eigenvalue weighted by Gasteiger charge is -2.39. The molecule has 0 aromatic rings. The molecule has 0 rings (SSSR count). The lowest BCUT2D eigenvalue weighted by Crippen LogP contribution is -2.41. The van der Waals surface area contributed by atoms with E-state index in [-0.39, 0.29) is 10.7 Å². The SMILES string of the molecule is C=CCC(C=C)[N+](C)(C)[O-]. The number of hydrogen-bond acceptors (Lipinski definition) is 1. The van der Waals surface area contributed by atoms with Gasteiger partial charge in [0.1, 0.15) is 6.04 Å². The largest absolute Gasteiger partial charge is 0.633 e. The minimum absolute atomic E-state index is 0.0579. The highest BCUT2D eigenvalue weighted by Gasteiger charge is 2.13. The van der Waals surface area contributed by atoms with Gasteiger partial charge in [0.25, 0.3) is 0 Å². The summed E-state index contributed by atoms with van der Waals surface area (Å²) in [5, 5.41) is 11.2. The second-order valence-electron chi connectivity index (χ2n) is 2.76. The molecule has 0 aliphatic rings. The van der Waals surface area contributed by atoms with Gasteiger partial charge in [0, 0.05) is 6.42 Å². The average molecular weight is 141 g/mol. The van der Waals surface area contributed by atoms with Crippen molar-refractivity contribution >= 4 is 0 Å². The van der Waals surface area contributed by atoms with E-state index in [1.54, 1.807) is 26.2 Å². The first-order chi connectivity index (χ1) is 4.52. The highest BCUT2D eigenvalue weighted by Crippen LogP contribution is 2.09. The monoisotopic (exact) mass is 141 g/mol. The van der Waals surface area contributed by atoms with Gasteiger partial charge in [-0.1, -0.05) is 12.7 Å². The molecule has 2 nitrogen and oxygen atoms in total. The highest BCUT2D eigenvalue weighted by molar-refractivity contribution is 4.86. The molecule has 0 aromatic carbocycles. The van der Waals surface area contributed by atoms with E-state index in [9.17, 15) is 5.21 Å². The van der Waals surface area contributed by atoms with Crippen LogP contribution >= 0.6 is 0 Å². The van der Waals surface area contributed by atoms with E-state index in [4.69, 9.17) is 0 Å². The molecule has 1 atom stereocenters. The smallest absolute Gasteiger partial charge is 0.110 e. The third-order valence-electron chi connectivity index (χ3n) is 1.48. The molecule has 0 saturated heterocycles. The average Bonchev–Trinajstić information content (AvgIpc) is 1.80. The Labute approximate surface area is 62.6 Å². The third kappa shape index (κ3) is 2.80. The predicted molar refractivity (Wildman–Crippen MR) is 44.3 cm³/mol. The van der Waals surface area contributed by atoms with Crippen molar-refractivity contribution in [3.05, 3.63) is 30.5 Å². The summed E-state index contributed by atoms with van der Waals surface area (Å²) in [6.45, 7) is 7.15. The van der Waals surface area contributed by atoms with Crippen molar-refractivity contribution in [2.24, 2.45) is 0 Å². The molecule has 0 spiro atoms. The van der Waals surface area contributed by atoms with Crippen LogP contribution in [-0.2, 0) is 0 Å². The van der Waals surface area contributed by atoms with Gasteiger partial charge in [-0.3, -0.25) is 0 Å². The maximum absolute atomic E-state index is 11.2. The molecule has 0 aliphatic heterocycles. The molecule has 0 fully saturated rings. The van der Waals surface area contributed by atoms with E-state index in [0.29, 0.717) is 6.42 Å². The van der Waals surface area contributed by atoms with Gasteiger partial charge < -0.3 is 9.85 Å². The van der Waals surface area contributed by atoms with Gasteiger partial charge in [0.05, 0.1) is 14.1 Å². The quantitative estimate of drug-likeness (QED) is 0.332. The van der Waals surface area contributed by atoms with Crippen LogP contribution in [0.2, 0.25) is 0 Å². The molecular weight excluding hydrogens is 126 g/mol. The number of quaternary nitrogens is 1. The van der Waals surface area contributed by atoms with Crippen LogP contribution in [0, 0.1) is 5.21 Å². The Hall–Kier alpha value is -0.600. The lowest BCUT2D eigenvalue weighted by molar-refractivity contribution is -0.859. The Morgan fingerprint density at radius 3 is 2.10 bits per heavy atom. The van der Waals surface area contributed by atoms with Crippen molar-refractivity contribution < 1.29 is 4.65 Å². The van der Waals surface area contributed by atoms with Crippen molar-refractivity contribution in [1.82, 2.24) is 0 Å². The molecule has 2 heteroatoms. The fraction of sp³-hybridized carbons (Fsp3) is 0.500. The number of hydrogen-bond donors (Lipinski definition) is 0. The molecule has 0 amide bonds. The van der Waals surface area contributed by atoms with Crippen LogP contribution in [0.15, 0.2) is 25.3 Å². The zero-order valence-electron chi connectivity index (χ0n) is 6.71. The fourth-order valence-electron chi connectivity index (χ4n) is 0.775. The first kappa shape index (κ1) is 9.40. The van der Waals surface area contributed by atoms with Crippen LogP contribution in [0.1, 0.15) is 6.42 Å². The summed E-state index contributed by atoms with van der Waals surface area (Å²) in [6.07, 6.45) is 4.11. The Kier molecular flexibility index (Phi) is 3.33. The summed E-state index contributed by atoms with van der Waals surface area (Å²) in [5.74, 6) is 0.